The van der Waals surface area contributed by atoms with Gasteiger partial charge < -0.3 is 15.7 Å². The molecule has 0 aliphatic heterocycles. The first-order valence-corrected chi connectivity index (χ1v) is 7.50. The summed E-state index contributed by atoms with van der Waals surface area (Å²) in [4.78, 5) is 12.1. The van der Waals surface area contributed by atoms with Crippen LogP contribution in [0.3, 0.4) is 0 Å². The van der Waals surface area contributed by atoms with Crippen LogP contribution in [0.2, 0.25) is 0 Å². The van der Waals surface area contributed by atoms with Gasteiger partial charge >= 0.3 is 6.03 Å². The summed E-state index contributed by atoms with van der Waals surface area (Å²) in [5, 5.41) is 15.0. The molecule has 4 nitrogen and oxygen atoms in total. The average molecular weight is 276 g/mol. The van der Waals surface area contributed by atoms with Crippen LogP contribution in [0.15, 0.2) is 24.3 Å². The SMILES string of the molecule is CCC(CCO)NC(=O)NC1CCCc2ccccc21. The molecule has 3 N–H and O–H groups in total. The molecule has 0 saturated carbocycles. The first kappa shape index (κ1) is 14.9. The number of amides is 2. The topological polar surface area (TPSA) is 61.4 Å². The fourth-order valence-corrected chi connectivity index (χ4v) is 2.82. The molecule has 20 heavy (non-hydrogen) atoms. The Bertz CT molecular complexity index is 448. The lowest BCUT2D eigenvalue weighted by Gasteiger charge is -2.27. The van der Waals surface area contributed by atoms with Crippen LogP contribution in [-0.4, -0.2) is 23.8 Å². The van der Waals surface area contributed by atoms with Gasteiger partial charge in [-0.3, -0.25) is 0 Å². The van der Waals surface area contributed by atoms with Crippen molar-refractivity contribution in [2.45, 2.75) is 51.1 Å². The van der Waals surface area contributed by atoms with Crippen molar-refractivity contribution < 1.29 is 9.90 Å². The van der Waals surface area contributed by atoms with E-state index < -0.39 is 0 Å². The van der Waals surface area contributed by atoms with Crippen molar-refractivity contribution in [1.82, 2.24) is 10.6 Å². The Labute approximate surface area is 120 Å². The number of nitrogens with one attached hydrogen (secondary N) is 2. The number of aliphatic hydroxyl groups is 1. The lowest BCUT2D eigenvalue weighted by molar-refractivity contribution is 0.223. The normalized spacial score (nSPS) is 19.0. The molecular weight excluding hydrogens is 252 g/mol. The maximum atomic E-state index is 12.1. The molecule has 0 fully saturated rings. The van der Waals surface area contributed by atoms with Crippen LogP contribution in [-0.2, 0) is 6.42 Å². The van der Waals surface area contributed by atoms with Gasteiger partial charge in [-0.1, -0.05) is 31.2 Å². The van der Waals surface area contributed by atoms with E-state index in [1.165, 1.54) is 11.1 Å². The molecule has 1 aromatic carbocycles. The summed E-state index contributed by atoms with van der Waals surface area (Å²) < 4.78 is 0. The van der Waals surface area contributed by atoms with Crippen molar-refractivity contribution in [2.24, 2.45) is 0 Å². The molecule has 4 heteroatoms. The van der Waals surface area contributed by atoms with Crippen molar-refractivity contribution in [1.29, 1.82) is 0 Å². The lowest BCUT2D eigenvalue weighted by Crippen LogP contribution is -2.44. The highest BCUT2D eigenvalue weighted by molar-refractivity contribution is 5.74. The predicted molar refractivity (Wildman–Crippen MR) is 79.6 cm³/mol. The molecule has 110 valence electrons. The second-order valence-corrected chi connectivity index (χ2v) is 5.38. The Morgan fingerprint density at radius 2 is 2.25 bits per heavy atom. The molecule has 2 amide bonds. The van der Waals surface area contributed by atoms with Gasteiger partial charge in [0.1, 0.15) is 0 Å². The van der Waals surface area contributed by atoms with E-state index in [1.54, 1.807) is 0 Å². The third kappa shape index (κ3) is 3.73. The molecule has 0 saturated heterocycles. The standard InChI is InChI=1S/C16H24N2O2/c1-2-13(10-11-19)17-16(20)18-15-9-5-7-12-6-3-4-8-14(12)15/h3-4,6,8,13,15,19H,2,5,7,9-11H2,1H3,(H2,17,18,20). The Morgan fingerprint density at radius 1 is 1.45 bits per heavy atom. The fraction of sp³-hybridized carbons (Fsp3) is 0.562. The number of hydrogen-bond donors (Lipinski definition) is 3. The average Bonchev–Trinajstić information content (AvgIpc) is 2.47. The zero-order valence-corrected chi connectivity index (χ0v) is 12.1. The lowest BCUT2D eigenvalue weighted by atomic mass is 9.88. The number of aryl methyl sites for hydroxylation is 1. The Kier molecular flexibility index (Phi) is 5.41. The zero-order chi connectivity index (χ0) is 14.4. The minimum absolute atomic E-state index is 0.0406. The van der Waals surface area contributed by atoms with Crippen molar-refractivity contribution >= 4 is 6.03 Å². The number of aliphatic hydroxyl groups excluding tert-OH is 1. The first-order chi connectivity index (χ1) is 9.74. The van der Waals surface area contributed by atoms with E-state index in [-0.39, 0.29) is 24.7 Å². The zero-order valence-electron chi connectivity index (χ0n) is 12.1. The number of urea groups is 1. The predicted octanol–water partition coefficient (Wildman–Crippen LogP) is 2.52. The summed E-state index contributed by atoms with van der Waals surface area (Å²) >= 11 is 0. The van der Waals surface area contributed by atoms with Crippen LogP contribution in [0.4, 0.5) is 4.79 Å². The number of carbonyl (C=O) groups excluding carboxylic acids is 1. The van der Waals surface area contributed by atoms with Crippen LogP contribution in [0.5, 0.6) is 0 Å². The molecule has 2 atom stereocenters. The van der Waals surface area contributed by atoms with Gasteiger partial charge in [-0.25, -0.2) is 4.79 Å². The summed E-state index contributed by atoms with van der Waals surface area (Å²) in [5.74, 6) is 0. The van der Waals surface area contributed by atoms with Gasteiger partial charge in [0.25, 0.3) is 0 Å². The molecule has 1 aliphatic carbocycles. The van der Waals surface area contributed by atoms with Crippen LogP contribution in [0.25, 0.3) is 0 Å². The quantitative estimate of drug-likeness (QED) is 0.774. The molecule has 1 aliphatic rings. The molecule has 0 bridgehead atoms. The molecule has 0 heterocycles. The number of benzene rings is 1. The number of hydrogen-bond acceptors (Lipinski definition) is 2. The van der Waals surface area contributed by atoms with E-state index in [4.69, 9.17) is 5.11 Å². The van der Waals surface area contributed by atoms with Crippen LogP contribution >= 0.6 is 0 Å². The maximum Gasteiger partial charge on any atom is 0.315 e. The van der Waals surface area contributed by atoms with Gasteiger partial charge in [0.05, 0.1) is 6.04 Å². The highest BCUT2D eigenvalue weighted by Crippen LogP contribution is 2.29. The van der Waals surface area contributed by atoms with E-state index in [2.05, 4.69) is 28.8 Å². The molecule has 1 aromatic rings. The summed E-state index contributed by atoms with van der Waals surface area (Å²) in [7, 11) is 0. The number of rotatable bonds is 5. The summed E-state index contributed by atoms with van der Waals surface area (Å²) in [6.07, 6.45) is 4.62. The maximum absolute atomic E-state index is 12.1. The van der Waals surface area contributed by atoms with Gasteiger partial charge in [0.2, 0.25) is 0 Å². The van der Waals surface area contributed by atoms with Gasteiger partial charge in [-0.15, -0.1) is 0 Å². The summed E-state index contributed by atoms with van der Waals surface area (Å²) in [5.41, 5.74) is 2.58. The fourth-order valence-electron chi connectivity index (χ4n) is 2.82. The van der Waals surface area contributed by atoms with Crippen LogP contribution in [0, 0.1) is 0 Å². The van der Waals surface area contributed by atoms with E-state index in [0.29, 0.717) is 6.42 Å². The number of carbonyl (C=O) groups is 1. The van der Waals surface area contributed by atoms with Crippen molar-refractivity contribution in [3.05, 3.63) is 35.4 Å². The summed E-state index contributed by atoms with van der Waals surface area (Å²) in [6.45, 7) is 2.11. The minimum Gasteiger partial charge on any atom is -0.396 e. The van der Waals surface area contributed by atoms with E-state index in [9.17, 15) is 4.79 Å². The smallest absolute Gasteiger partial charge is 0.315 e. The van der Waals surface area contributed by atoms with E-state index in [0.717, 1.165) is 25.7 Å². The molecular formula is C16H24N2O2. The largest absolute Gasteiger partial charge is 0.396 e. The van der Waals surface area contributed by atoms with Gasteiger partial charge in [-0.2, -0.15) is 0 Å². The van der Waals surface area contributed by atoms with Crippen LogP contribution in [0.1, 0.15) is 49.8 Å². The molecule has 0 spiro atoms. The Balaban J connectivity index is 1.95. The Hall–Kier alpha value is -1.55. The minimum atomic E-state index is -0.132. The second-order valence-electron chi connectivity index (χ2n) is 5.38. The van der Waals surface area contributed by atoms with Crippen molar-refractivity contribution in [3.8, 4) is 0 Å². The van der Waals surface area contributed by atoms with Crippen LogP contribution < -0.4 is 10.6 Å². The highest BCUT2D eigenvalue weighted by Gasteiger charge is 2.21. The van der Waals surface area contributed by atoms with E-state index in [1.807, 2.05) is 13.0 Å². The van der Waals surface area contributed by atoms with Gasteiger partial charge in [0.15, 0.2) is 0 Å². The molecule has 0 radical (unpaired) electrons. The van der Waals surface area contributed by atoms with Gasteiger partial charge in [-0.05, 0) is 43.2 Å². The molecule has 2 unspecified atom stereocenters. The monoisotopic (exact) mass is 276 g/mol. The summed E-state index contributed by atoms with van der Waals surface area (Å²) in [6, 6.07) is 8.33. The molecule has 2 rings (SSSR count). The highest BCUT2D eigenvalue weighted by atomic mass is 16.3. The Morgan fingerprint density at radius 3 is 3.00 bits per heavy atom. The van der Waals surface area contributed by atoms with Gasteiger partial charge in [0, 0.05) is 12.6 Å². The second kappa shape index (κ2) is 7.29. The van der Waals surface area contributed by atoms with E-state index >= 15 is 0 Å². The third-order valence-corrected chi connectivity index (χ3v) is 3.98. The third-order valence-electron chi connectivity index (χ3n) is 3.98. The molecule has 0 aromatic heterocycles. The first-order valence-electron chi connectivity index (χ1n) is 7.50. The van der Waals surface area contributed by atoms with Crippen molar-refractivity contribution in [2.75, 3.05) is 6.61 Å². The number of fused-ring (bicyclic) bond motifs is 1. The van der Waals surface area contributed by atoms with Crippen molar-refractivity contribution in [3.63, 3.8) is 0 Å².